The molecule has 2 atom stereocenters. The van der Waals surface area contributed by atoms with Crippen molar-refractivity contribution in [1.29, 1.82) is 0 Å². The van der Waals surface area contributed by atoms with Crippen LogP contribution in [0, 0.1) is 29.2 Å². The average Bonchev–Trinajstić information content (AvgIpc) is 3.23. The number of benzene rings is 2. The highest BCUT2D eigenvalue weighted by atomic mass is 19.1. The molecule has 2 aromatic carbocycles. The monoisotopic (exact) mass is 534 g/mol. The van der Waals surface area contributed by atoms with Crippen molar-refractivity contribution in [3.05, 3.63) is 69.4 Å². The lowest BCUT2D eigenvalue weighted by Gasteiger charge is -2.29. The van der Waals surface area contributed by atoms with Crippen LogP contribution < -0.4 is 15.7 Å². The van der Waals surface area contributed by atoms with Crippen LogP contribution >= 0.6 is 0 Å². The number of aromatic nitrogens is 3. The van der Waals surface area contributed by atoms with Gasteiger partial charge in [0.05, 0.1) is 6.10 Å². The summed E-state index contributed by atoms with van der Waals surface area (Å²) in [6.45, 7) is 2.37. The molecular weight excluding hydrogens is 504 g/mol. The number of anilines is 1. The lowest BCUT2D eigenvalue weighted by Crippen LogP contribution is -2.28. The van der Waals surface area contributed by atoms with Crippen molar-refractivity contribution < 1.29 is 27.4 Å². The van der Waals surface area contributed by atoms with Crippen LogP contribution in [0.5, 0.6) is 5.75 Å². The van der Waals surface area contributed by atoms with Crippen LogP contribution in [0.3, 0.4) is 0 Å². The van der Waals surface area contributed by atoms with Gasteiger partial charge in [-0.1, -0.05) is 19.3 Å². The van der Waals surface area contributed by atoms with Gasteiger partial charge in [0, 0.05) is 36.7 Å². The Labute approximate surface area is 217 Å². The first-order valence-corrected chi connectivity index (χ1v) is 13.0. The van der Waals surface area contributed by atoms with E-state index < -0.39 is 40.9 Å². The zero-order valence-corrected chi connectivity index (χ0v) is 21.0. The summed E-state index contributed by atoms with van der Waals surface area (Å²) < 4.78 is 66.0. The van der Waals surface area contributed by atoms with Crippen LogP contribution in [0.2, 0.25) is 0 Å². The highest BCUT2D eigenvalue weighted by Crippen LogP contribution is 2.35. The standard InChI is InChI=1S/C27H30F4N4O3/c1-15(16-7-3-2-4-8-16)38-23-14-22(35-27(37)34-10-6-5-9-24(34)33-35)19(29)13-18(23)26(36)32-25-20(30)11-17(28)12-21(25)31/h11-16,26,32,36H,2-10H2,1H3/t15-,26?/m0/s1. The first kappa shape index (κ1) is 26.3. The van der Waals surface area contributed by atoms with E-state index in [1.165, 1.54) is 10.6 Å². The molecule has 3 aromatic rings. The average molecular weight is 535 g/mol. The largest absolute Gasteiger partial charge is 0.490 e. The summed E-state index contributed by atoms with van der Waals surface area (Å²) in [6.07, 6.45) is 5.32. The Morgan fingerprint density at radius 2 is 1.71 bits per heavy atom. The molecule has 11 heteroatoms. The summed E-state index contributed by atoms with van der Waals surface area (Å²) in [7, 11) is 0. The fraction of sp³-hybridized carbons (Fsp3) is 0.481. The predicted octanol–water partition coefficient (Wildman–Crippen LogP) is 5.38. The van der Waals surface area contributed by atoms with Crippen LogP contribution in [-0.2, 0) is 13.0 Å². The summed E-state index contributed by atoms with van der Waals surface area (Å²) in [4.78, 5) is 13.0. The number of fused-ring (bicyclic) bond motifs is 1. The van der Waals surface area contributed by atoms with Gasteiger partial charge in [0.25, 0.3) is 0 Å². The van der Waals surface area contributed by atoms with Crippen molar-refractivity contribution in [3.63, 3.8) is 0 Å². The molecule has 1 fully saturated rings. The first-order chi connectivity index (χ1) is 18.2. The van der Waals surface area contributed by atoms with E-state index in [4.69, 9.17) is 4.74 Å². The molecule has 204 valence electrons. The fourth-order valence-corrected chi connectivity index (χ4v) is 5.39. The van der Waals surface area contributed by atoms with Crippen molar-refractivity contribution in [1.82, 2.24) is 14.3 Å². The third-order valence-corrected chi connectivity index (χ3v) is 7.49. The van der Waals surface area contributed by atoms with Crippen LogP contribution in [0.25, 0.3) is 5.69 Å². The molecule has 1 aliphatic carbocycles. The van der Waals surface area contributed by atoms with E-state index in [0.29, 0.717) is 30.9 Å². The Balaban J connectivity index is 1.54. The molecule has 0 radical (unpaired) electrons. The van der Waals surface area contributed by atoms with Gasteiger partial charge in [-0.05, 0) is 44.6 Å². The number of aliphatic hydroxyl groups is 1. The zero-order valence-electron chi connectivity index (χ0n) is 21.0. The first-order valence-electron chi connectivity index (χ1n) is 13.0. The SMILES string of the molecule is C[C@H](Oc1cc(-n2nc3n(c2=O)CCCC3)c(F)cc1C(O)Nc1c(F)cc(F)cc1F)C1CCCCC1. The normalized spacial score (nSPS) is 17.6. The number of nitrogens with one attached hydrogen (secondary N) is 1. The van der Waals surface area contributed by atoms with E-state index in [1.807, 2.05) is 6.92 Å². The second kappa shape index (κ2) is 10.8. The summed E-state index contributed by atoms with van der Waals surface area (Å²) in [5.41, 5.74) is -1.54. The van der Waals surface area contributed by atoms with E-state index >= 15 is 4.39 Å². The minimum Gasteiger partial charge on any atom is -0.490 e. The van der Waals surface area contributed by atoms with Crippen LogP contribution in [0.1, 0.15) is 69.5 Å². The van der Waals surface area contributed by atoms with Gasteiger partial charge in [-0.15, -0.1) is 5.10 Å². The number of hydrogen-bond donors (Lipinski definition) is 2. The maximum Gasteiger partial charge on any atom is 0.350 e. The molecule has 7 nitrogen and oxygen atoms in total. The Morgan fingerprint density at radius 3 is 2.39 bits per heavy atom. The molecule has 38 heavy (non-hydrogen) atoms. The molecule has 1 aromatic heterocycles. The van der Waals surface area contributed by atoms with Crippen LogP contribution in [-0.4, -0.2) is 25.6 Å². The topological polar surface area (TPSA) is 81.3 Å². The molecular formula is C27H30F4N4O3. The van der Waals surface area contributed by atoms with Gasteiger partial charge in [-0.25, -0.2) is 22.4 Å². The lowest BCUT2D eigenvalue weighted by atomic mass is 9.86. The van der Waals surface area contributed by atoms with E-state index in [1.54, 1.807) is 0 Å². The smallest absolute Gasteiger partial charge is 0.350 e. The van der Waals surface area contributed by atoms with E-state index in [-0.39, 0.29) is 29.0 Å². The highest BCUT2D eigenvalue weighted by Gasteiger charge is 2.27. The molecule has 0 bridgehead atoms. The number of nitrogens with zero attached hydrogens (tertiary/aromatic N) is 3. The second-order valence-corrected chi connectivity index (χ2v) is 10.1. The minimum atomic E-state index is -1.81. The Bertz CT molecular complexity index is 1360. The minimum absolute atomic E-state index is 0.0419. The number of ether oxygens (including phenoxy) is 1. The highest BCUT2D eigenvalue weighted by molar-refractivity contribution is 5.52. The van der Waals surface area contributed by atoms with E-state index in [9.17, 15) is 23.1 Å². The van der Waals surface area contributed by atoms with Gasteiger partial charge in [0.15, 0.2) is 17.9 Å². The maximum atomic E-state index is 15.5. The fourth-order valence-electron chi connectivity index (χ4n) is 5.39. The third kappa shape index (κ3) is 5.16. The summed E-state index contributed by atoms with van der Waals surface area (Å²) in [5.74, 6) is -3.68. The van der Waals surface area contributed by atoms with E-state index in [0.717, 1.165) is 55.7 Å². The molecule has 2 aliphatic rings. The molecule has 2 heterocycles. The maximum absolute atomic E-state index is 15.5. The van der Waals surface area contributed by atoms with Gasteiger partial charge in [-0.3, -0.25) is 4.57 Å². The van der Waals surface area contributed by atoms with Gasteiger partial charge >= 0.3 is 5.69 Å². The molecule has 2 N–H and O–H groups in total. The van der Waals surface area contributed by atoms with Crippen molar-refractivity contribution in [3.8, 4) is 11.4 Å². The van der Waals surface area contributed by atoms with E-state index in [2.05, 4.69) is 10.4 Å². The van der Waals surface area contributed by atoms with Gasteiger partial charge in [0.1, 0.15) is 34.6 Å². The molecule has 1 aliphatic heterocycles. The Hall–Kier alpha value is -3.34. The third-order valence-electron chi connectivity index (χ3n) is 7.49. The number of hydrogen-bond acceptors (Lipinski definition) is 5. The zero-order chi connectivity index (χ0) is 27.0. The Morgan fingerprint density at radius 1 is 1.00 bits per heavy atom. The number of rotatable bonds is 7. The van der Waals surface area contributed by atoms with Gasteiger partial charge in [0.2, 0.25) is 0 Å². The lowest BCUT2D eigenvalue weighted by molar-refractivity contribution is 0.116. The van der Waals surface area contributed by atoms with Crippen LogP contribution in [0.4, 0.5) is 23.2 Å². The van der Waals surface area contributed by atoms with Gasteiger partial charge in [-0.2, -0.15) is 4.68 Å². The molecule has 1 unspecified atom stereocenters. The summed E-state index contributed by atoms with van der Waals surface area (Å²) >= 11 is 0. The molecule has 1 saturated carbocycles. The number of aliphatic hydroxyl groups excluding tert-OH is 1. The van der Waals surface area contributed by atoms with Crippen LogP contribution in [0.15, 0.2) is 29.1 Å². The van der Waals surface area contributed by atoms with Crippen molar-refractivity contribution in [2.45, 2.75) is 77.2 Å². The molecule has 0 amide bonds. The van der Waals surface area contributed by atoms with Crippen molar-refractivity contribution in [2.24, 2.45) is 5.92 Å². The Kier molecular flexibility index (Phi) is 7.47. The number of aryl methyl sites for hydroxylation is 1. The second-order valence-electron chi connectivity index (χ2n) is 10.1. The molecule has 5 rings (SSSR count). The number of halogens is 4. The molecule has 0 saturated heterocycles. The summed E-state index contributed by atoms with van der Waals surface area (Å²) in [6, 6.07) is 3.18. The van der Waals surface area contributed by atoms with Crippen molar-refractivity contribution in [2.75, 3.05) is 5.32 Å². The quantitative estimate of drug-likeness (QED) is 0.314. The van der Waals surface area contributed by atoms with Gasteiger partial charge < -0.3 is 15.2 Å². The predicted molar refractivity (Wildman–Crippen MR) is 132 cm³/mol. The summed E-state index contributed by atoms with van der Waals surface area (Å²) in [5, 5.41) is 17.5. The molecule has 0 spiro atoms. The van der Waals surface area contributed by atoms with Crippen molar-refractivity contribution >= 4 is 5.69 Å².